The minimum atomic E-state index is -0.429. The number of rotatable bonds is 9. The molecular weight excluding hydrogens is 318 g/mol. The lowest BCUT2D eigenvalue weighted by atomic mass is 10.2. The number of hydrogen-bond donors (Lipinski definition) is 0. The van der Waals surface area contributed by atoms with Crippen molar-refractivity contribution in [2.24, 2.45) is 0 Å². The summed E-state index contributed by atoms with van der Waals surface area (Å²) in [6.07, 6.45) is 0. The summed E-state index contributed by atoms with van der Waals surface area (Å²) >= 11 is 3.13. The molecule has 0 aliphatic carbocycles. The van der Waals surface area contributed by atoms with Crippen molar-refractivity contribution in [2.75, 3.05) is 33.5 Å². The monoisotopic (exact) mass is 333 g/mol. The van der Waals surface area contributed by atoms with Crippen LogP contribution in [0.25, 0.3) is 0 Å². The highest BCUT2D eigenvalue weighted by molar-refractivity contribution is 9.10. The van der Waals surface area contributed by atoms with Gasteiger partial charge in [0.05, 0.1) is 42.4 Å². The van der Waals surface area contributed by atoms with Crippen LogP contribution < -0.4 is 0 Å². The molecule has 6 nitrogen and oxygen atoms in total. The molecule has 0 bridgehead atoms. The Morgan fingerprint density at radius 3 is 2.58 bits per heavy atom. The van der Waals surface area contributed by atoms with Crippen LogP contribution in [0.2, 0.25) is 0 Å². The van der Waals surface area contributed by atoms with E-state index < -0.39 is 4.92 Å². The number of hydrogen-bond acceptors (Lipinski definition) is 5. The highest BCUT2D eigenvalue weighted by atomic mass is 79.9. The van der Waals surface area contributed by atoms with Crippen molar-refractivity contribution in [3.8, 4) is 0 Å². The molecule has 0 aliphatic rings. The highest BCUT2D eigenvalue weighted by Crippen LogP contribution is 2.25. The molecule has 1 rings (SSSR count). The van der Waals surface area contributed by atoms with Gasteiger partial charge < -0.3 is 14.2 Å². The lowest BCUT2D eigenvalue weighted by molar-refractivity contribution is -0.385. The third-order valence-electron chi connectivity index (χ3n) is 2.28. The molecule has 0 spiro atoms. The van der Waals surface area contributed by atoms with Gasteiger partial charge >= 0.3 is 0 Å². The fourth-order valence-electron chi connectivity index (χ4n) is 1.34. The van der Waals surface area contributed by atoms with Crippen molar-refractivity contribution < 1.29 is 19.1 Å². The maximum atomic E-state index is 10.8. The number of benzene rings is 1. The van der Waals surface area contributed by atoms with Gasteiger partial charge in [0.15, 0.2) is 0 Å². The quantitative estimate of drug-likeness (QED) is 0.394. The Bertz CT molecular complexity index is 413. The zero-order valence-electron chi connectivity index (χ0n) is 10.6. The predicted molar refractivity (Wildman–Crippen MR) is 73.1 cm³/mol. The average molecular weight is 334 g/mol. The Labute approximate surface area is 119 Å². The van der Waals surface area contributed by atoms with Gasteiger partial charge in [-0.05, 0) is 27.6 Å². The van der Waals surface area contributed by atoms with E-state index in [-0.39, 0.29) is 5.69 Å². The molecule has 0 N–H and O–H groups in total. The first-order valence-electron chi connectivity index (χ1n) is 5.72. The summed E-state index contributed by atoms with van der Waals surface area (Å²) < 4.78 is 15.9. The van der Waals surface area contributed by atoms with Crippen LogP contribution in [0.15, 0.2) is 22.7 Å². The van der Waals surface area contributed by atoms with Crippen molar-refractivity contribution in [1.29, 1.82) is 0 Å². The first-order valence-corrected chi connectivity index (χ1v) is 6.51. The Kier molecular flexibility index (Phi) is 7.57. The minimum absolute atomic E-state index is 0.0393. The number of nitrogens with zero attached hydrogens (tertiary/aromatic N) is 1. The van der Waals surface area contributed by atoms with Crippen LogP contribution >= 0.6 is 15.9 Å². The van der Waals surface area contributed by atoms with Gasteiger partial charge in [-0.2, -0.15) is 0 Å². The highest BCUT2D eigenvalue weighted by Gasteiger charge is 2.12. The van der Waals surface area contributed by atoms with Crippen LogP contribution in [-0.2, 0) is 20.8 Å². The number of nitro benzene ring substituents is 1. The van der Waals surface area contributed by atoms with Gasteiger partial charge in [-0.25, -0.2) is 0 Å². The number of halogens is 1. The van der Waals surface area contributed by atoms with Crippen molar-refractivity contribution in [2.45, 2.75) is 6.61 Å². The van der Waals surface area contributed by atoms with Crippen molar-refractivity contribution in [3.63, 3.8) is 0 Å². The Morgan fingerprint density at radius 2 is 1.89 bits per heavy atom. The van der Waals surface area contributed by atoms with E-state index in [0.29, 0.717) is 37.5 Å². The molecule has 0 saturated carbocycles. The van der Waals surface area contributed by atoms with Crippen LogP contribution in [0.5, 0.6) is 0 Å². The second-order valence-electron chi connectivity index (χ2n) is 3.70. The molecule has 0 heterocycles. The third kappa shape index (κ3) is 6.11. The molecule has 0 saturated heterocycles. The topological polar surface area (TPSA) is 70.8 Å². The van der Waals surface area contributed by atoms with Gasteiger partial charge in [-0.3, -0.25) is 10.1 Å². The second kappa shape index (κ2) is 8.98. The zero-order valence-corrected chi connectivity index (χ0v) is 12.2. The summed E-state index contributed by atoms with van der Waals surface area (Å²) in [5, 5.41) is 10.8. The van der Waals surface area contributed by atoms with Crippen LogP contribution in [0.4, 0.5) is 5.69 Å². The molecule has 0 atom stereocenters. The van der Waals surface area contributed by atoms with Gasteiger partial charge in [0.1, 0.15) is 0 Å². The molecule has 7 heteroatoms. The third-order valence-corrected chi connectivity index (χ3v) is 2.95. The van der Waals surface area contributed by atoms with Crippen LogP contribution in [-0.4, -0.2) is 38.5 Å². The van der Waals surface area contributed by atoms with E-state index >= 15 is 0 Å². The molecule has 0 aromatic heterocycles. The normalized spacial score (nSPS) is 10.6. The van der Waals surface area contributed by atoms with Gasteiger partial charge in [-0.1, -0.05) is 6.07 Å². The molecule has 19 heavy (non-hydrogen) atoms. The SMILES string of the molecule is COCCOCCOCc1ccc(Br)c([N+](=O)[O-])c1. The molecular formula is C12H16BrNO5. The smallest absolute Gasteiger partial charge is 0.283 e. The first-order chi connectivity index (χ1) is 9.15. The van der Waals surface area contributed by atoms with E-state index in [1.165, 1.54) is 6.07 Å². The standard InChI is InChI=1S/C12H16BrNO5/c1-17-4-5-18-6-7-19-9-10-2-3-11(13)12(8-10)14(15)16/h2-3,8H,4-7,9H2,1H3. The Hall–Kier alpha value is -1.02. The van der Waals surface area contributed by atoms with Crippen molar-refractivity contribution >= 4 is 21.6 Å². The fourth-order valence-corrected chi connectivity index (χ4v) is 1.73. The second-order valence-corrected chi connectivity index (χ2v) is 4.55. The molecule has 106 valence electrons. The first kappa shape index (κ1) is 16.0. The van der Waals surface area contributed by atoms with Gasteiger partial charge in [0.25, 0.3) is 5.69 Å². The minimum Gasteiger partial charge on any atom is -0.382 e. The average Bonchev–Trinajstić information content (AvgIpc) is 2.39. The summed E-state index contributed by atoms with van der Waals surface area (Å²) in [7, 11) is 1.61. The van der Waals surface area contributed by atoms with Crippen LogP contribution in [0.3, 0.4) is 0 Å². The molecule has 0 amide bonds. The molecule has 0 aliphatic heterocycles. The molecule has 1 aromatic carbocycles. The predicted octanol–water partition coefficient (Wildman–Crippen LogP) is 2.54. The van der Waals surface area contributed by atoms with E-state index in [0.717, 1.165) is 5.56 Å². The Balaban J connectivity index is 2.30. The van der Waals surface area contributed by atoms with E-state index in [4.69, 9.17) is 14.2 Å². The van der Waals surface area contributed by atoms with E-state index in [1.807, 2.05) is 0 Å². The summed E-state index contributed by atoms with van der Waals surface area (Å²) in [5.74, 6) is 0. The molecule has 1 aromatic rings. The number of methoxy groups -OCH3 is 1. The maximum absolute atomic E-state index is 10.8. The summed E-state index contributed by atoms with van der Waals surface area (Å²) in [5.41, 5.74) is 0.796. The zero-order chi connectivity index (χ0) is 14.1. The number of nitro groups is 1. The van der Waals surface area contributed by atoms with Gasteiger partial charge in [0, 0.05) is 13.2 Å². The lowest BCUT2D eigenvalue weighted by Crippen LogP contribution is -2.08. The molecule has 0 fully saturated rings. The summed E-state index contributed by atoms with van der Waals surface area (Å²) in [6.45, 7) is 2.32. The van der Waals surface area contributed by atoms with E-state index in [1.54, 1.807) is 19.2 Å². The van der Waals surface area contributed by atoms with Crippen LogP contribution in [0.1, 0.15) is 5.56 Å². The van der Waals surface area contributed by atoms with Crippen LogP contribution in [0, 0.1) is 10.1 Å². The van der Waals surface area contributed by atoms with E-state index in [2.05, 4.69) is 15.9 Å². The fraction of sp³-hybridized carbons (Fsp3) is 0.500. The molecule has 0 radical (unpaired) electrons. The largest absolute Gasteiger partial charge is 0.382 e. The van der Waals surface area contributed by atoms with E-state index in [9.17, 15) is 10.1 Å². The number of ether oxygens (including phenoxy) is 3. The lowest BCUT2D eigenvalue weighted by Gasteiger charge is -2.06. The summed E-state index contributed by atoms with van der Waals surface area (Å²) in [4.78, 5) is 10.3. The molecule has 0 unspecified atom stereocenters. The van der Waals surface area contributed by atoms with Crippen molar-refractivity contribution in [1.82, 2.24) is 0 Å². The van der Waals surface area contributed by atoms with Gasteiger partial charge in [-0.15, -0.1) is 0 Å². The Morgan fingerprint density at radius 1 is 1.21 bits per heavy atom. The maximum Gasteiger partial charge on any atom is 0.283 e. The van der Waals surface area contributed by atoms with Crippen molar-refractivity contribution in [3.05, 3.63) is 38.3 Å². The van der Waals surface area contributed by atoms with Gasteiger partial charge in [0.2, 0.25) is 0 Å². The summed E-state index contributed by atoms with van der Waals surface area (Å²) in [6, 6.07) is 4.92.